The fraction of sp³-hybridized carbons (Fsp3) is 0.538. The second-order valence-corrected chi connectivity index (χ2v) is 7.70. The van der Waals surface area contributed by atoms with E-state index >= 15 is 0 Å². The number of hydrogen-bond donors (Lipinski definition) is 2. The second-order valence-electron chi connectivity index (χ2n) is 5.16. The first-order valence-corrected chi connectivity index (χ1v) is 8.93. The minimum Gasteiger partial charge on any atom is -0.398 e. The zero-order chi connectivity index (χ0) is 15.6. The molecule has 0 radical (unpaired) electrons. The highest BCUT2D eigenvalue weighted by Crippen LogP contribution is 2.27. The van der Waals surface area contributed by atoms with Crippen LogP contribution in [0.25, 0.3) is 0 Å². The van der Waals surface area contributed by atoms with Gasteiger partial charge in [-0.15, -0.1) is 0 Å². The first-order valence-electron chi connectivity index (χ1n) is 6.66. The van der Waals surface area contributed by atoms with E-state index < -0.39 is 20.7 Å². The molecule has 1 fully saturated rings. The first kappa shape index (κ1) is 16.7. The summed E-state index contributed by atoms with van der Waals surface area (Å²) in [6.07, 6.45) is 1.57. The van der Waals surface area contributed by atoms with Crippen molar-refractivity contribution in [3.05, 3.63) is 22.4 Å². The number of benzene rings is 1. The van der Waals surface area contributed by atoms with E-state index in [2.05, 4.69) is 20.7 Å². The van der Waals surface area contributed by atoms with Crippen LogP contribution in [-0.2, 0) is 14.8 Å². The maximum atomic E-state index is 13.9. The van der Waals surface area contributed by atoms with E-state index in [1.807, 2.05) is 0 Å². The molecule has 2 rings (SSSR count). The van der Waals surface area contributed by atoms with Crippen LogP contribution < -0.4 is 10.5 Å². The number of anilines is 1. The molecule has 1 aromatic rings. The number of rotatable bonds is 4. The molecule has 0 saturated carbocycles. The molecular weight excluding hydrogens is 363 g/mol. The molecule has 0 amide bonds. The summed E-state index contributed by atoms with van der Waals surface area (Å²) in [7, 11) is -3.95. The number of halogens is 2. The number of hydrogen-bond acceptors (Lipinski definition) is 4. The number of nitrogens with two attached hydrogens (primary N) is 1. The SMILES string of the molecule is CC(NS(=O)(=O)c1cc(N)c(Br)cc1F)C1CCOCC1. The predicted octanol–water partition coefficient (Wildman–Crippen LogP) is 2.26. The standard InChI is InChI=1S/C13H18BrFN2O3S/c1-8(9-2-4-20-5-3-9)17-21(18,19)13-7-12(16)10(14)6-11(13)15/h6-9,17H,2-5,16H2,1H3. The Morgan fingerprint density at radius 3 is 2.67 bits per heavy atom. The van der Waals surface area contributed by atoms with Crippen molar-refractivity contribution in [1.29, 1.82) is 0 Å². The Bertz CT molecular complexity index is 618. The fourth-order valence-corrected chi connectivity index (χ4v) is 4.09. The summed E-state index contributed by atoms with van der Waals surface area (Å²) in [5.41, 5.74) is 5.81. The van der Waals surface area contributed by atoms with Crippen molar-refractivity contribution in [3.8, 4) is 0 Å². The van der Waals surface area contributed by atoms with Crippen LogP contribution in [0, 0.1) is 11.7 Å². The summed E-state index contributed by atoms with van der Waals surface area (Å²) in [6.45, 7) is 3.03. The summed E-state index contributed by atoms with van der Waals surface area (Å²) in [5, 5.41) is 0. The van der Waals surface area contributed by atoms with Crippen LogP contribution >= 0.6 is 15.9 Å². The van der Waals surface area contributed by atoms with Gasteiger partial charge in [-0.2, -0.15) is 0 Å². The van der Waals surface area contributed by atoms with Crippen LogP contribution in [0.2, 0.25) is 0 Å². The molecule has 118 valence electrons. The minimum atomic E-state index is -3.95. The summed E-state index contributed by atoms with van der Waals surface area (Å²) in [4.78, 5) is -0.429. The number of nitrogens with one attached hydrogen (secondary N) is 1. The molecule has 0 spiro atoms. The van der Waals surface area contributed by atoms with Gasteiger partial charge in [0.1, 0.15) is 10.7 Å². The summed E-state index contributed by atoms with van der Waals surface area (Å²) in [5.74, 6) is -0.646. The molecule has 1 aliphatic rings. The zero-order valence-corrected chi connectivity index (χ0v) is 14.0. The van der Waals surface area contributed by atoms with Crippen LogP contribution in [0.3, 0.4) is 0 Å². The van der Waals surface area contributed by atoms with Crippen LogP contribution in [-0.4, -0.2) is 27.7 Å². The molecule has 1 saturated heterocycles. The van der Waals surface area contributed by atoms with Crippen molar-refractivity contribution in [3.63, 3.8) is 0 Å². The lowest BCUT2D eigenvalue weighted by molar-refractivity contribution is 0.0585. The monoisotopic (exact) mass is 380 g/mol. The third kappa shape index (κ3) is 3.94. The van der Waals surface area contributed by atoms with Crippen molar-refractivity contribution < 1.29 is 17.5 Å². The maximum absolute atomic E-state index is 13.9. The molecule has 1 aliphatic heterocycles. The van der Waals surface area contributed by atoms with Crippen molar-refractivity contribution in [1.82, 2.24) is 4.72 Å². The van der Waals surface area contributed by atoms with Crippen LogP contribution in [0.4, 0.5) is 10.1 Å². The van der Waals surface area contributed by atoms with Gasteiger partial charge in [-0.05, 0) is 53.7 Å². The normalized spacial score (nSPS) is 18.6. The Balaban J connectivity index is 2.20. The predicted molar refractivity (Wildman–Crippen MR) is 81.8 cm³/mol. The number of nitrogen functional groups attached to an aromatic ring is 1. The van der Waals surface area contributed by atoms with Crippen molar-refractivity contribution in [2.45, 2.75) is 30.7 Å². The van der Waals surface area contributed by atoms with Gasteiger partial charge in [-0.3, -0.25) is 0 Å². The molecule has 3 N–H and O–H groups in total. The van der Waals surface area contributed by atoms with Gasteiger partial charge in [0, 0.05) is 29.4 Å². The Morgan fingerprint density at radius 1 is 1.43 bits per heavy atom. The third-order valence-electron chi connectivity index (χ3n) is 3.65. The zero-order valence-electron chi connectivity index (χ0n) is 11.6. The van der Waals surface area contributed by atoms with Gasteiger partial charge in [0.25, 0.3) is 0 Å². The summed E-state index contributed by atoms with van der Waals surface area (Å²) in [6, 6.07) is 1.89. The van der Waals surface area contributed by atoms with Crippen LogP contribution in [0.5, 0.6) is 0 Å². The lowest BCUT2D eigenvalue weighted by atomic mass is 9.94. The molecule has 0 aromatic heterocycles. The summed E-state index contributed by atoms with van der Waals surface area (Å²) < 4.78 is 46.6. The van der Waals surface area contributed by atoms with Crippen molar-refractivity contribution >= 4 is 31.6 Å². The van der Waals surface area contributed by atoms with Gasteiger partial charge in [0.2, 0.25) is 10.0 Å². The highest BCUT2D eigenvalue weighted by Gasteiger charge is 2.27. The van der Waals surface area contributed by atoms with Crippen molar-refractivity contribution in [2.24, 2.45) is 5.92 Å². The quantitative estimate of drug-likeness (QED) is 0.784. The topological polar surface area (TPSA) is 81.4 Å². The molecule has 1 unspecified atom stereocenters. The van der Waals surface area contributed by atoms with Gasteiger partial charge in [-0.25, -0.2) is 17.5 Å². The molecular formula is C13H18BrFN2O3S. The molecule has 0 aliphatic carbocycles. The van der Waals surface area contributed by atoms with Gasteiger partial charge in [0.05, 0.1) is 0 Å². The van der Waals surface area contributed by atoms with Crippen LogP contribution in [0.15, 0.2) is 21.5 Å². The number of ether oxygens (including phenoxy) is 1. The lowest BCUT2D eigenvalue weighted by Gasteiger charge is -2.28. The van der Waals surface area contributed by atoms with E-state index in [1.54, 1.807) is 6.92 Å². The summed E-state index contributed by atoms with van der Waals surface area (Å²) >= 11 is 3.07. The molecule has 1 heterocycles. The Morgan fingerprint density at radius 2 is 2.05 bits per heavy atom. The molecule has 8 heteroatoms. The van der Waals surface area contributed by atoms with E-state index in [0.29, 0.717) is 17.7 Å². The van der Waals surface area contributed by atoms with Gasteiger partial charge in [0.15, 0.2) is 0 Å². The largest absolute Gasteiger partial charge is 0.398 e. The van der Waals surface area contributed by atoms with Crippen molar-refractivity contribution in [2.75, 3.05) is 18.9 Å². The smallest absolute Gasteiger partial charge is 0.243 e. The van der Waals surface area contributed by atoms with E-state index in [1.165, 1.54) is 0 Å². The molecule has 0 bridgehead atoms. The van der Waals surface area contributed by atoms with E-state index in [4.69, 9.17) is 10.5 Å². The fourth-order valence-electron chi connectivity index (χ4n) is 2.37. The molecule has 21 heavy (non-hydrogen) atoms. The molecule has 5 nitrogen and oxygen atoms in total. The lowest BCUT2D eigenvalue weighted by Crippen LogP contribution is -2.40. The second kappa shape index (κ2) is 6.60. The average Bonchev–Trinajstić information content (AvgIpc) is 2.43. The Kier molecular flexibility index (Phi) is 5.24. The molecule has 1 aromatic carbocycles. The maximum Gasteiger partial charge on any atom is 0.243 e. The van der Waals surface area contributed by atoms with Gasteiger partial charge in [-0.1, -0.05) is 0 Å². The first-order chi connectivity index (χ1) is 9.81. The Labute approximate surface area is 132 Å². The highest BCUT2D eigenvalue weighted by molar-refractivity contribution is 9.10. The van der Waals surface area contributed by atoms with E-state index in [0.717, 1.165) is 25.0 Å². The Hall–Kier alpha value is -0.700. The molecule has 1 atom stereocenters. The third-order valence-corrected chi connectivity index (χ3v) is 5.92. The van der Waals surface area contributed by atoms with E-state index in [9.17, 15) is 12.8 Å². The highest BCUT2D eigenvalue weighted by atomic mass is 79.9. The van der Waals surface area contributed by atoms with Crippen LogP contribution in [0.1, 0.15) is 19.8 Å². The van der Waals surface area contributed by atoms with Gasteiger partial charge < -0.3 is 10.5 Å². The average molecular weight is 381 g/mol. The van der Waals surface area contributed by atoms with Gasteiger partial charge >= 0.3 is 0 Å². The van der Waals surface area contributed by atoms with E-state index in [-0.39, 0.29) is 17.6 Å². The number of sulfonamides is 1. The minimum absolute atomic E-state index is 0.176.